The Hall–Kier alpha value is -0.480. The second kappa shape index (κ2) is 5.22. The van der Waals surface area contributed by atoms with Gasteiger partial charge in [0.15, 0.2) is 0 Å². The molecule has 2 nitrogen and oxygen atoms in total. The van der Waals surface area contributed by atoms with Gasteiger partial charge in [0.1, 0.15) is 0 Å². The first-order valence-corrected chi connectivity index (χ1v) is 3.79. The minimum atomic E-state index is -3.49. The first-order chi connectivity index (χ1) is 5.52. The molecule has 0 rings (SSSR count). The number of rotatable bonds is 5. The number of hydrogen-bond acceptors (Lipinski definition) is 2. The van der Waals surface area contributed by atoms with Gasteiger partial charge in [-0.1, -0.05) is 19.1 Å². The van der Waals surface area contributed by atoms with Crippen LogP contribution in [-0.4, -0.2) is 19.5 Å². The number of alkyl halides is 2. The second-order valence-corrected chi connectivity index (χ2v) is 2.33. The van der Waals surface area contributed by atoms with E-state index in [4.69, 9.17) is 0 Å². The molecule has 1 atom stereocenters. The monoisotopic (exact) mass is 180 g/mol. The predicted octanol–water partition coefficient (Wildman–Crippen LogP) is 2.55. The van der Waals surface area contributed by atoms with Crippen molar-refractivity contribution in [3.05, 3.63) is 12.2 Å². The van der Waals surface area contributed by atoms with E-state index in [0.29, 0.717) is 0 Å². The van der Waals surface area contributed by atoms with Crippen molar-refractivity contribution < 1.29 is 18.3 Å². The van der Waals surface area contributed by atoms with E-state index in [-0.39, 0.29) is 0 Å². The fourth-order valence-electron chi connectivity index (χ4n) is 0.632. The second-order valence-electron chi connectivity index (χ2n) is 2.33. The Morgan fingerprint density at radius 2 is 2.08 bits per heavy atom. The molecule has 0 N–H and O–H groups in total. The van der Waals surface area contributed by atoms with Crippen LogP contribution in [0.4, 0.5) is 8.78 Å². The van der Waals surface area contributed by atoms with Crippen LogP contribution in [0, 0.1) is 0 Å². The number of halogens is 2. The summed E-state index contributed by atoms with van der Waals surface area (Å²) < 4.78 is 32.7. The molecule has 0 saturated heterocycles. The lowest BCUT2D eigenvalue weighted by Crippen LogP contribution is -2.27. The summed E-state index contributed by atoms with van der Waals surface area (Å²) in [5.74, 6) is 0. The van der Waals surface area contributed by atoms with Gasteiger partial charge in [0.2, 0.25) is 0 Å². The smallest absolute Gasteiger partial charge is 0.299 e. The molecule has 0 aromatic carbocycles. The van der Waals surface area contributed by atoms with Crippen molar-refractivity contribution in [3.63, 3.8) is 0 Å². The van der Waals surface area contributed by atoms with E-state index in [0.717, 1.165) is 13.5 Å². The first kappa shape index (κ1) is 11.5. The van der Waals surface area contributed by atoms with Crippen LogP contribution in [0.15, 0.2) is 12.2 Å². The van der Waals surface area contributed by atoms with Gasteiger partial charge >= 0.3 is 6.29 Å². The third-order valence-corrected chi connectivity index (χ3v) is 1.20. The van der Waals surface area contributed by atoms with Gasteiger partial charge in [-0.2, -0.15) is 0 Å². The molecule has 0 spiro atoms. The molecule has 0 aliphatic carbocycles. The molecular weight excluding hydrogens is 166 g/mol. The van der Waals surface area contributed by atoms with Gasteiger partial charge in [-0.15, -0.1) is 8.78 Å². The molecule has 0 aliphatic rings. The van der Waals surface area contributed by atoms with Crippen molar-refractivity contribution in [1.82, 2.24) is 0 Å². The minimum Gasteiger partial charge on any atom is -0.299 e. The molecule has 72 valence electrons. The Kier molecular flexibility index (Phi) is 5.01. The van der Waals surface area contributed by atoms with Crippen molar-refractivity contribution in [3.8, 4) is 0 Å². The quantitative estimate of drug-likeness (QED) is 0.478. The summed E-state index contributed by atoms with van der Waals surface area (Å²) in [7, 11) is 0.899. The summed E-state index contributed by atoms with van der Waals surface area (Å²) in [5.41, 5.74) is 0. The largest absolute Gasteiger partial charge is 0.485 e. The summed E-state index contributed by atoms with van der Waals surface area (Å²) in [6.45, 7) is 3.44. The molecule has 12 heavy (non-hydrogen) atoms. The summed E-state index contributed by atoms with van der Waals surface area (Å²) in [4.78, 5) is 0. The van der Waals surface area contributed by atoms with Crippen molar-refractivity contribution in [2.24, 2.45) is 0 Å². The fraction of sp³-hybridized carbons (Fsp3) is 0.750. The lowest BCUT2D eigenvalue weighted by molar-refractivity contribution is -0.390. The predicted molar refractivity (Wildman–Crippen MR) is 41.9 cm³/mol. The third kappa shape index (κ3) is 5.21. The van der Waals surface area contributed by atoms with Gasteiger partial charge in [-0.25, -0.2) is 0 Å². The Balaban J connectivity index is 3.83. The molecule has 0 aromatic rings. The maximum absolute atomic E-state index is 12.4. The van der Waals surface area contributed by atoms with Gasteiger partial charge in [0.05, 0.1) is 6.10 Å². The zero-order valence-electron chi connectivity index (χ0n) is 7.51. The average molecular weight is 180 g/mol. The van der Waals surface area contributed by atoms with E-state index in [9.17, 15) is 8.78 Å². The van der Waals surface area contributed by atoms with Crippen LogP contribution in [0.1, 0.15) is 20.3 Å². The molecule has 0 saturated carbocycles. The Labute approximate surface area is 71.2 Å². The number of hydrogen-bond donors (Lipinski definition) is 0. The fourth-order valence-corrected chi connectivity index (χ4v) is 0.632. The van der Waals surface area contributed by atoms with Crippen LogP contribution in [0.2, 0.25) is 0 Å². The molecule has 1 unspecified atom stereocenters. The van der Waals surface area contributed by atoms with Gasteiger partial charge in [0.25, 0.3) is 0 Å². The molecular formula is C8H14F2O2. The Morgan fingerprint density at radius 1 is 1.50 bits per heavy atom. The lowest BCUT2D eigenvalue weighted by atomic mass is 10.3. The number of methoxy groups -OCH3 is 1. The SMILES string of the molecule is CC/C=C\C(C)OC(F)(F)OC. The van der Waals surface area contributed by atoms with Gasteiger partial charge in [-0.3, -0.25) is 9.47 Å². The van der Waals surface area contributed by atoms with E-state index in [1.54, 1.807) is 12.2 Å². The van der Waals surface area contributed by atoms with Crippen LogP contribution in [0.25, 0.3) is 0 Å². The highest BCUT2D eigenvalue weighted by Crippen LogP contribution is 2.18. The van der Waals surface area contributed by atoms with E-state index in [2.05, 4.69) is 9.47 Å². The summed E-state index contributed by atoms with van der Waals surface area (Å²) in [6.07, 6.45) is -0.00695. The molecule has 0 fully saturated rings. The Morgan fingerprint density at radius 3 is 2.50 bits per heavy atom. The minimum absolute atomic E-state index is 0.639. The third-order valence-electron chi connectivity index (χ3n) is 1.20. The van der Waals surface area contributed by atoms with Crippen LogP contribution < -0.4 is 0 Å². The lowest BCUT2D eigenvalue weighted by Gasteiger charge is -2.16. The Bertz CT molecular complexity index is 146. The maximum Gasteiger partial charge on any atom is 0.485 e. The highest BCUT2D eigenvalue weighted by atomic mass is 19.3. The summed E-state index contributed by atoms with van der Waals surface area (Å²) >= 11 is 0. The zero-order chi connectivity index (χ0) is 9.61. The first-order valence-electron chi connectivity index (χ1n) is 3.79. The van der Waals surface area contributed by atoms with E-state index in [1.165, 1.54) is 6.92 Å². The number of ether oxygens (including phenoxy) is 2. The average Bonchev–Trinajstić information content (AvgIpc) is 2.00. The van der Waals surface area contributed by atoms with Crippen molar-refractivity contribution in [1.29, 1.82) is 0 Å². The van der Waals surface area contributed by atoms with Crippen LogP contribution in [0.3, 0.4) is 0 Å². The molecule has 0 aromatic heterocycles. The molecule has 0 radical (unpaired) electrons. The molecule has 0 aliphatic heterocycles. The summed E-state index contributed by atoms with van der Waals surface area (Å²) in [6, 6.07) is 0. The van der Waals surface area contributed by atoms with Crippen LogP contribution >= 0.6 is 0 Å². The molecule has 0 bridgehead atoms. The van der Waals surface area contributed by atoms with E-state index < -0.39 is 12.4 Å². The van der Waals surface area contributed by atoms with Crippen molar-refractivity contribution in [2.45, 2.75) is 32.7 Å². The molecule has 0 heterocycles. The normalized spacial score (nSPS) is 15.4. The van der Waals surface area contributed by atoms with E-state index in [1.807, 2.05) is 6.92 Å². The topological polar surface area (TPSA) is 18.5 Å². The molecule has 0 amide bonds. The highest BCUT2D eigenvalue weighted by Gasteiger charge is 2.31. The zero-order valence-corrected chi connectivity index (χ0v) is 7.51. The van der Waals surface area contributed by atoms with Crippen LogP contribution in [-0.2, 0) is 9.47 Å². The number of allylic oxidation sites excluding steroid dienone is 1. The van der Waals surface area contributed by atoms with E-state index >= 15 is 0 Å². The van der Waals surface area contributed by atoms with Crippen molar-refractivity contribution >= 4 is 0 Å². The maximum atomic E-state index is 12.4. The van der Waals surface area contributed by atoms with Gasteiger partial charge in [-0.05, 0) is 13.3 Å². The van der Waals surface area contributed by atoms with Gasteiger partial charge < -0.3 is 0 Å². The molecule has 4 heteroatoms. The summed E-state index contributed by atoms with van der Waals surface area (Å²) in [5, 5.41) is 0. The van der Waals surface area contributed by atoms with Crippen molar-refractivity contribution in [2.75, 3.05) is 7.11 Å². The van der Waals surface area contributed by atoms with Gasteiger partial charge in [0, 0.05) is 7.11 Å². The van der Waals surface area contributed by atoms with Crippen LogP contribution in [0.5, 0.6) is 0 Å². The standard InChI is InChI=1S/C8H14F2O2/c1-4-5-6-7(2)12-8(9,10)11-3/h5-7H,4H2,1-3H3/b6-5-. The highest BCUT2D eigenvalue weighted by molar-refractivity contribution is 4.86.